The lowest BCUT2D eigenvalue weighted by atomic mass is 9.95. The Bertz CT molecular complexity index is 443. The van der Waals surface area contributed by atoms with Gasteiger partial charge in [-0.05, 0) is 25.8 Å². The molecule has 1 heterocycles. The average Bonchev–Trinajstić information content (AvgIpc) is 2.76. The summed E-state index contributed by atoms with van der Waals surface area (Å²) < 4.78 is 5.86. The average molecular weight is 288 g/mol. The number of para-hydroxylation sites is 1. The molecule has 0 bridgehead atoms. The third kappa shape index (κ3) is 3.98. The van der Waals surface area contributed by atoms with Crippen LogP contribution in [0, 0.1) is 0 Å². The van der Waals surface area contributed by atoms with Gasteiger partial charge in [0.05, 0.1) is 0 Å². The Morgan fingerprint density at radius 2 is 2.05 bits per heavy atom. The highest BCUT2D eigenvalue weighted by atomic mass is 16.5. The van der Waals surface area contributed by atoms with Gasteiger partial charge in [0.15, 0.2) is 0 Å². The van der Waals surface area contributed by atoms with Crippen LogP contribution in [0.2, 0.25) is 0 Å². The lowest BCUT2D eigenvalue weighted by molar-refractivity contribution is 0.170. The second-order valence-corrected chi connectivity index (χ2v) is 6.52. The highest BCUT2D eigenvalue weighted by molar-refractivity contribution is 5.33. The summed E-state index contributed by atoms with van der Waals surface area (Å²) in [4.78, 5) is 2.54. The molecule has 116 valence electrons. The molecule has 0 spiro atoms. The van der Waals surface area contributed by atoms with Crippen LogP contribution in [0.1, 0.15) is 44.6 Å². The van der Waals surface area contributed by atoms with Crippen molar-refractivity contribution in [3.8, 4) is 5.75 Å². The maximum Gasteiger partial charge on any atom is 0.123 e. The molecule has 1 aliphatic heterocycles. The number of hydrogen-bond acceptors (Lipinski definition) is 3. The predicted molar refractivity (Wildman–Crippen MR) is 86.7 cm³/mol. The molecule has 0 aromatic heterocycles. The first-order chi connectivity index (χ1) is 10.3. The maximum absolute atomic E-state index is 5.86. The lowest BCUT2D eigenvalue weighted by Gasteiger charge is -2.30. The second-order valence-electron chi connectivity index (χ2n) is 6.52. The minimum absolute atomic E-state index is 0.557. The van der Waals surface area contributed by atoms with Crippen LogP contribution in [0.25, 0.3) is 0 Å². The Morgan fingerprint density at radius 3 is 2.90 bits per heavy atom. The third-order valence-electron chi connectivity index (χ3n) is 4.91. The number of hydrogen-bond donors (Lipinski definition) is 1. The summed E-state index contributed by atoms with van der Waals surface area (Å²) >= 11 is 0. The van der Waals surface area contributed by atoms with E-state index in [0.717, 1.165) is 38.0 Å². The summed E-state index contributed by atoms with van der Waals surface area (Å²) in [6.45, 7) is 6.24. The zero-order chi connectivity index (χ0) is 14.5. The standard InChI is InChI=1S/C18H28N2O/c1-15(13-19-17-8-3-2-4-9-17)20-11-12-21-18-10-6-5-7-16(18)14-20/h5-7,10,15,17,19H,2-4,8-9,11-14H2,1H3. The molecule has 1 fully saturated rings. The molecule has 1 aromatic carbocycles. The van der Waals surface area contributed by atoms with Gasteiger partial charge >= 0.3 is 0 Å². The number of nitrogens with one attached hydrogen (secondary N) is 1. The van der Waals surface area contributed by atoms with Crippen molar-refractivity contribution in [1.82, 2.24) is 10.2 Å². The number of ether oxygens (including phenoxy) is 1. The van der Waals surface area contributed by atoms with Gasteiger partial charge in [-0.2, -0.15) is 0 Å². The molecule has 3 nitrogen and oxygen atoms in total. The Hall–Kier alpha value is -1.06. The number of benzene rings is 1. The highest BCUT2D eigenvalue weighted by Crippen LogP contribution is 2.23. The smallest absolute Gasteiger partial charge is 0.123 e. The number of fused-ring (bicyclic) bond motifs is 1. The third-order valence-corrected chi connectivity index (χ3v) is 4.91. The van der Waals surface area contributed by atoms with Crippen LogP contribution >= 0.6 is 0 Å². The largest absolute Gasteiger partial charge is 0.492 e. The van der Waals surface area contributed by atoms with Crippen LogP contribution < -0.4 is 10.1 Å². The summed E-state index contributed by atoms with van der Waals surface area (Å²) in [6.07, 6.45) is 6.94. The van der Waals surface area contributed by atoms with Gasteiger partial charge in [0.2, 0.25) is 0 Å². The molecule has 1 atom stereocenters. The van der Waals surface area contributed by atoms with Gasteiger partial charge in [-0.1, -0.05) is 37.5 Å². The van der Waals surface area contributed by atoms with Crippen LogP contribution in [-0.2, 0) is 6.54 Å². The van der Waals surface area contributed by atoms with E-state index in [1.807, 2.05) is 0 Å². The maximum atomic E-state index is 5.86. The van der Waals surface area contributed by atoms with E-state index in [1.165, 1.54) is 37.7 Å². The van der Waals surface area contributed by atoms with Gasteiger partial charge in [-0.15, -0.1) is 0 Å². The fraction of sp³-hybridized carbons (Fsp3) is 0.667. The van der Waals surface area contributed by atoms with E-state index >= 15 is 0 Å². The van der Waals surface area contributed by atoms with Crippen LogP contribution in [0.3, 0.4) is 0 Å². The number of nitrogens with zero attached hydrogens (tertiary/aromatic N) is 1. The van der Waals surface area contributed by atoms with Gasteiger partial charge in [0.25, 0.3) is 0 Å². The quantitative estimate of drug-likeness (QED) is 0.921. The fourth-order valence-corrected chi connectivity index (χ4v) is 3.50. The van der Waals surface area contributed by atoms with E-state index in [-0.39, 0.29) is 0 Å². The van der Waals surface area contributed by atoms with Crippen LogP contribution in [0.4, 0.5) is 0 Å². The summed E-state index contributed by atoms with van der Waals surface area (Å²) in [5.41, 5.74) is 1.32. The van der Waals surface area contributed by atoms with Crippen molar-refractivity contribution < 1.29 is 4.74 Å². The Kier molecular flexibility index (Phi) is 5.15. The van der Waals surface area contributed by atoms with Crippen LogP contribution in [0.15, 0.2) is 24.3 Å². The topological polar surface area (TPSA) is 24.5 Å². The molecule has 0 radical (unpaired) electrons. The normalized spacial score (nSPS) is 22.1. The van der Waals surface area contributed by atoms with Gasteiger partial charge in [0.1, 0.15) is 12.4 Å². The molecule has 0 saturated heterocycles. The molecule has 21 heavy (non-hydrogen) atoms. The number of rotatable bonds is 4. The predicted octanol–water partition coefficient (Wildman–Crippen LogP) is 3.19. The SMILES string of the molecule is CC(CNC1CCCCC1)N1CCOc2ccccc2C1. The van der Waals surface area contributed by atoms with Crippen molar-refractivity contribution in [2.75, 3.05) is 19.7 Å². The summed E-state index contributed by atoms with van der Waals surface area (Å²) in [5, 5.41) is 3.78. The van der Waals surface area contributed by atoms with Gasteiger partial charge < -0.3 is 10.1 Å². The lowest BCUT2D eigenvalue weighted by Crippen LogP contribution is -2.44. The molecule has 1 unspecified atom stereocenters. The molecule has 3 heteroatoms. The van der Waals surface area contributed by atoms with E-state index in [1.54, 1.807) is 0 Å². The highest BCUT2D eigenvalue weighted by Gasteiger charge is 2.21. The van der Waals surface area contributed by atoms with Crippen molar-refractivity contribution >= 4 is 0 Å². The van der Waals surface area contributed by atoms with E-state index in [4.69, 9.17) is 4.74 Å². The van der Waals surface area contributed by atoms with Gasteiger partial charge in [-0.3, -0.25) is 4.90 Å². The van der Waals surface area contributed by atoms with Crippen molar-refractivity contribution in [3.63, 3.8) is 0 Å². The van der Waals surface area contributed by atoms with Crippen molar-refractivity contribution in [3.05, 3.63) is 29.8 Å². The minimum Gasteiger partial charge on any atom is -0.492 e. The first-order valence-electron chi connectivity index (χ1n) is 8.51. The molecular formula is C18H28N2O. The summed E-state index contributed by atoms with van der Waals surface area (Å²) in [7, 11) is 0. The molecule has 0 amide bonds. The first-order valence-corrected chi connectivity index (χ1v) is 8.51. The van der Waals surface area contributed by atoms with Crippen molar-refractivity contribution in [2.24, 2.45) is 0 Å². The molecule has 1 N–H and O–H groups in total. The van der Waals surface area contributed by atoms with Crippen LogP contribution in [0.5, 0.6) is 5.75 Å². The molecular weight excluding hydrogens is 260 g/mol. The zero-order valence-corrected chi connectivity index (χ0v) is 13.2. The zero-order valence-electron chi connectivity index (χ0n) is 13.2. The first kappa shape index (κ1) is 14.9. The minimum atomic E-state index is 0.557. The summed E-state index contributed by atoms with van der Waals surface area (Å²) in [6, 6.07) is 9.75. The molecule has 2 aliphatic rings. The Labute approximate surface area is 128 Å². The monoisotopic (exact) mass is 288 g/mol. The fourth-order valence-electron chi connectivity index (χ4n) is 3.50. The Balaban J connectivity index is 1.53. The van der Waals surface area contributed by atoms with E-state index in [9.17, 15) is 0 Å². The van der Waals surface area contributed by atoms with E-state index in [0.29, 0.717) is 6.04 Å². The second kappa shape index (κ2) is 7.28. The molecule has 1 saturated carbocycles. The molecule has 3 rings (SSSR count). The van der Waals surface area contributed by atoms with Gasteiger partial charge in [-0.25, -0.2) is 0 Å². The van der Waals surface area contributed by atoms with Gasteiger partial charge in [0, 0.05) is 37.3 Å². The summed E-state index contributed by atoms with van der Waals surface area (Å²) in [5.74, 6) is 1.06. The van der Waals surface area contributed by atoms with E-state index in [2.05, 4.69) is 41.4 Å². The Morgan fingerprint density at radius 1 is 1.24 bits per heavy atom. The van der Waals surface area contributed by atoms with Crippen LogP contribution in [-0.4, -0.2) is 36.7 Å². The van der Waals surface area contributed by atoms with Crippen molar-refractivity contribution in [1.29, 1.82) is 0 Å². The van der Waals surface area contributed by atoms with E-state index < -0.39 is 0 Å². The van der Waals surface area contributed by atoms with Crippen molar-refractivity contribution in [2.45, 2.75) is 57.7 Å². The molecule has 1 aliphatic carbocycles. The molecule has 1 aromatic rings.